The number of thioether (sulfide) groups is 1. The number of nitrogens with one attached hydrogen (secondary N) is 1. The van der Waals surface area contributed by atoms with E-state index in [-0.39, 0.29) is 34.4 Å². The minimum absolute atomic E-state index is 0.0491. The van der Waals surface area contributed by atoms with Crippen molar-refractivity contribution in [3.63, 3.8) is 0 Å². The lowest BCUT2D eigenvalue weighted by Gasteiger charge is -2.13. The highest BCUT2D eigenvalue weighted by Crippen LogP contribution is 2.32. The highest BCUT2D eigenvalue weighted by atomic mass is 32.2. The van der Waals surface area contributed by atoms with Gasteiger partial charge in [0.2, 0.25) is 5.91 Å². The summed E-state index contributed by atoms with van der Waals surface area (Å²) in [4.78, 5) is 46.2. The number of carbonyl (C=O) groups excluding carboxylic acids is 2. The molecule has 2 rings (SSSR count). The lowest BCUT2D eigenvalue weighted by Crippen LogP contribution is -2.40. The zero-order valence-electron chi connectivity index (χ0n) is 13.2. The van der Waals surface area contributed by atoms with E-state index in [1.165, 1.54) is 24.3 Å². The fourth-order valence-electron chi connectivity index (χ4n) is 2.02. The van der Waals surface area contributed by atoms with E-state index in [1.807, 2.05) is 0 Å². The lowest BCUT2D eigenvalue weighted by molar-refractivity contribution is -0.384. The van der Waals surface area contributed by atoms with Gasteiger partial charge in [-0.1, -0.05) is 36.1 Å². The van der Waals surface area contributed by atoms with Crippen LogP contribution in [-0.2, 0) is 14.4 Å². The normalized spacial score (nSPS) is 15.4. The highest BCUT2D eigenvalue weighted by molar-refractivity contribution is 8.26. The molecule has 1 aromatic rings. The number of amides is 2. The van der Waals surface area contributed by atoms with Crippen LogP contribution < -0.4 is 5.32 Å². The van der Waals surface area contributed by atoms with Crippen molar-refractivity contribution in [2.45, 2.75) is 6.42 Å². The molecule has 1 fully saturated rings. The number of carboxylic acid groups (broad SMARTS) is 1. The maximum atomic E-state index is 12.4. The van der Waals surface area contributed by atoms with E-state index in [4.69, 9.17) is 17.3 Å². The van der Waals surface area contributed by atoms with Crippen LogP contribution in [0.15, 0.2) is 29.2 Å². The zero-order valence-corrected chi connectivity index (χ0v) is 14.8. The third-order valence-corrected chi connectivity index (χ3v) is 4.59. The molecule has 2 N–H and O–H groups in total. The largest absolute Gasteiger partial charge is 0.481 e. The summed E-state index contributed by atoms with van der Waals surface area (Å²) in [6.45, 7) is -0.372. The predicted octanol–water partition coefficient (Wildman–Crippen LogP) is 1.39. The van der Waals surface area contributed by atoms with Gasteiger partial charge in [0.15, 0.2) is 0 Å². The fraction of sp³-hybridized carbons (Fsp3) is 0.200. The third-order valence-electron chi connectivity index (χ3n) is 3.22. The molecule has 0 radical (unpaired) electrons. The lowest BCUT2D eigenvalue weighted by atomic mass is 10.2. The van der Waals surface area contributed by atoms with Crippen molar-refractivity contribution in [1.29, 1.82) is 0 Å². The number of thiocarbonyl (C=S) groups is 1. The van der Waals surface area contributed by atoms with Gasteiger partial charge in [-0.25, -0.2) is 0 Å². The number of hydrogen-bond donors (Lipinski definition) is 2. The first-order valence-electron chi connectivity index (χ1n) is 7.26. The molecule has 9 nitrogen and oxygen atoms in total. The number of nitro groups is 1. The van der Waals surface area contributed by atoms with Crippen LogP contribution in [0.25, 0.3) is 6.08 Å². The minimum atomic E-state index is -1.05. The van der Waals surface area contributed by atoms with Crippen LogP contribution >= 0.6 is 24.0 Å². The topological polar surface area (TPSA) is 130 Å². The van der Waals surface area contributed by atoms with Crippen molar-refractivity contribution in [2.75, 3.05) is 13.1 Å². The van der Waals surface area contributed by atoms with E-state index in [9.17, 15) is 24.5 Å². The SMILES string of the molecule is O=C(O)CCNC(=O)CN1C(=O)/C(=C/c2cccc([N+](=O)[O-])c2)SC1=S. The molecule has 0 atom stereocenters. The summed E-state index contributed by atoms with van der Waals surface area (Å²) in [5, 5.41) is 21.7. The Kier molecular flexibility index (Phi) is 6.41. The Morgan fingerprint density at radius 1 is 1.42 bits per heavy atom. The van der Waals surface area contributed by atoms with E-state index in [1.54, 1.807) is 6.07 Å². The smallest absolute Gasteiger partial charge is 0.305 e. The molecular formula is C15H13N3O6S2. The van der Waals surface area contributed by atoms with Gasteiger partial charge in [-0.05, 0) is 11.6 Å². The molecule has 0 bridgehead atoms. The second-order valence-electron chi connectivity index (χ2n) is 5.11. The second kappa shape index (κ2) is 8.54. The van der Waals surface area contributed by atoms with Gasteiger partial charge in [0.25, 0.3) is 11.6 Å². The number of carbonyl (C=O) groups is 3. The van der Waals surface area contributed by atoms with Gasteiger partial charge in [-0.2, -0.15) is 0 Å². The molecule has 1 saturated heterocycles. The van der Waals surface area contributed by atoms with E-state index < -0.39 is 22.7 Å². The van der Waals surface area contributed by atoms with Gasteiger partial charge in [0, 0.05) is 18.7 Å². The summed E-state index contributed by atoms with van der Waals surface area (Å²) < 4.78 is 0.181. The number of carboxylic acids is 1. The number of nitro benzene ring substituents is 1. The maximum Gasteiger partial charge on any atom is 0.305 e. The summed E-state index contributed by atoms with van der Waals surface area (Å²) >= 11 is 6.08. The number of nitrogens with zero attached hydrogens (tertiary/aromatic N) is 2. The summed E-state index contributed by atoms with van der Waals surface area (Å²) in [5.74, 6) is -2.06. The molecule has 0 aromatic heterocycles. The number of benzene rings is 1. The average molecular weight is 395 g/mol. The van der Waals surface area contributed by atoms with Crippen molar-refractivity contribution in [3.8, 4) is 0 Å². The van der Waals surface area contributed by atoms with E-state index in [2.05, 4.69) is 5.32 Å². The van der Waals surface area contributed by atoms with Crippen LogP contribution in [0.3, 0.4) is 0 Å². The average Bonchev–Trinajstić information content (AvgIpc) is 2.82. The Morgan fingerprint density at radius 3 is 2.81 bits per heavy atom. The molecule has 136 valence electrons. The number of rotatable bonds is 7. The zero-order chi connectivity index (χ0) is 19.3. The summed E-state index contributed by atoms with van der Waals surface area (Å²) in [7, 11) is 0. The van der Waals surface area contributed by atoms with E-state index >= 15 is 0 Å². The summed E-state index contributed by atoms with van der Waals surface area (Å²) in [6, 6.07) is 5.77. The highest BCUT2D eigenvalue weighted by Gasteiger charge is 2.33. The first kappa shape index (κ1) is 19.5. The van der Waals surface area contributed by atoms with Crippen LogP contribution in [-0.4, -0.2) is 50.1 Å². The first-order valence-corrected chi connectivity index (χ1v) is 8.48. The Morgan fingerprint density at radius 2 is 2.15 bits per heavy atom. The summed E-state index contributed by atoms with van der Waals surface area (Å²) in [5.41, 5.74) is 0.359. The van der Waals surface area contributed by atoms with Gasteiger partial charge >= 0.3 is 5.97 Å². The van der Waals surface area contributed by atoms with Crippen molar-refractivity contribution < 1.29 is 24.4 Å². The Hall–Kier alpha value is -2.79. The predicted molar refractivity (Wildman–Crippen MR) is 98.2 cm³/mol. The number of non-ortho nitro benzene ring substituents is 1. The fourth-order valence-corrected chi connectivity index (χ4v) is 3.28. The van der Waals surface area contributed by atoms with Crippen LogP contribution in [0.4, 0.5) is 5.69 Å². The molecule has 0 unspecified atom stereocenters. The van der Waals surface area contributed by atoms with Gasteiger partial charge in [0.05, 0.1) is 16.2 Å². The molecular weight excluding hydrogens is 382 g/mol. The second-order valence-corrected chi connectivity index (χ2v) is 6.79. The van der Waals surface area contributed by atoms with Gasteiger partial charge < -0.3 is 10.4 Å². The van der Waals surface area contributed by atoms with Gasteiger partial charge in [0.1, 0.15) is 10.9 Å². The molecule has 0 spiro atoms. The van der Waals surface area contributed by atoms with Crippen molar-refractivity contribution in [2.24, 2.45) is 0 Å². The Labute approximate surface area is 157 Å². The van der Waals surface area contributed by atoms with Crippen molar-refractivity contribution >= 4 is 57.8 Å². The molecule has 26 heavy (non-hydrogen) atoms. The standard InChI is InChI=1S/C15H13N3O6S2/c19-12(16-5-4-13(20)21)8-17-14(22)11(26-15(17)25)7-9-2-1-3-10(6-9)18(23)24/h1-3,6-7H,4-5,8H2,(H,16,19)(H,20,21)/b11-7-. The molecule has 1 aliphatic heterocycles. The van der Waals surface area contributed by atoms with Gasteiger partial charge in [-0.3, -0.25) is 29.4 Å². The van der Waals surface area contributed by atoms with E-state index in [0.29, 0.717) is 5.56 Å². The van der Waals surface area contributed by atoms with E-state index in [0.717, 1.165) is 16.7 Å². The molecule has 0 saturated carbocycles. The molecule has 11 heteroatoms. The Balaban J connectivity index is 2.06. The molecule has 2 amide bonds. The van der Waals surface area contributed by atoms with Gasteiger partial charge in [-0.15, -0.1) is 0 Å². The molecule has 0 aliphatic carbocycles. The van der Waals surface area contributed by atoms with Crippen LogP contribution in [0, 0.1) is 10.1 Å². The van der Waals surface area contributed by atoms with Crippen molar-refractivity contribution in [3.05, 3.63) is 44.8 Å². The van der Waals surface area contributed by atoms with Crippen LogP contribution in [0.1, 0.15) is 12.0 Å². The molecule has 1 aliphatic rings. The quantitative estimate of drug-likeness (QED) is 0.307. The maximum absolute atomic E-state index is 12.4. The summed E-state index contributed by atoms with van der Waals surface area (Å²) in [6.07, 6.45) is 1.24. The first-order chi connectivity index (χ1) is 12.3. The molecule has 1 heterocycles. The monoisotopic (exact) mass is 395 g/mol. The molecule has 1 aromatic carbocycles. The van der Waals surface area contributed by atoms with Crippen LogP contribution in [0.2, 0.25) is 0 Å². The number of aliphatic carboxylic acids is 1. The minimum Gasteiger partial charge on any atom is -0.481 e. The third kappa shape index (κ3) is 5.10. The Bertz CT molecular complexity index is 823. The van der Waals surface area contributed by atoms with Crippen molar-refractivity contribution in [1.82, 2.24) is 10.2 Å². The van der Waals surface area contributed by atoms with Crippen LogP contribution in [0.5, 0.6) is 0 Å². The number of hydrogen-bond acceptors (Lipinski definition) is 7.